The molecule has 3 rings (SSSR count). The zero-order valence-corrected chi connectivity index (χ0v) is 16.5. The lowest BCUT2D eigenvalue weighted by Gasteiger charge is -2.06. The molecule has 1 aromatic heterocycles. The maximum absolute atomic E-state index is 12.1. The number of hydrogen-bond acceptors (Lipinski definition) is 6. The third-order valence-corrected chi connectivity index (χ3v) is 4.93. The van der Waals surface area contributed by atoms with Crippen LogP contribution in [0.1, 0.15) is 16.1 Å². The van der Waals surface area contributed by atoms with Gasteiger partial charge in [0.2, 0.25) is 0 Å². The Balaban J connectivity index is 1.48. The summed E-state index contributed by atoms with van der Waals surface area (Å²) in [7, 11) is 1.59. The zero-order valence-electron chi connectivity index (χ0n) is 15.0. The van der Waals surface area contributed by atoms with E-state index in [0.29, 0.717) is 16.6 Å². The van der Waals surface area contributed by atoms with Crippen molar-refractivity contribution in [3.8, 4) is 16.3 Å². The second-order valence-electron chi connectivity index (χ2n) is 5.75. The fourth-order valence-electron chi connectivity index (χ4n) is 2.29. The van der Waals surface area contributed by atoms with Crippen LogP contribution in [0.25, 0.3) is 10.6 Å². The van der Waals surface area contributed by atoms with Crippen molar-refractivity contribution in [3.05, 3.63) is 70.2 Å². The van der Waals surface area contributed by atoms with Gasteiger partial charge in [-0.1, -0.05) is 35.9 Å². The number of rotatable bonds is 7. The van der Waals surface area contributed by atoms with Crippen molar-refractivity contribution in [2.75, 3.05) is 13.7 Å². The Hall–Kier alpha value is -2.90. The van der Waals surface area contributed by atoms with E-state index in [4.69, 9.17) is 21.1 Å². The van der Waals surface area contributed by atoms with Crippen LogP contribution in [0.4, 0.5) is 0 Å². The minimum atomic E-state index is -0.643. The molecule has 1 N–H and O–H groups in total. The van der Waals surface area contributed by atoms with E-state index < -0.39 is 11.9 Å². The van der Waals surface area contributed by atoms with Gasteiger partial charge < -0.3 is 14.8 Å². The second-order valence-corrected chi connectivity index (χ2v) is 7.04. The predicted molar refractivity (Wildman–Crippen MR) is 108 cm³/mol. The fourth-order valence-corrected chi connectivity index (χ4v) is 3.21. The fraction of sp³-hybridized carbons (Fsp3) is 0.150. The molecule has 28 heavy (non-hydrogen) atoms. The summed E-state index contributed by atoms with van der Waals surface area (Å²) in [6, 6.07) is 14.5. The Kier molecular flexibility index (Phi) is 6.62. The Morgan fingerprint density at radius 3 is 2.50 bits per heavy atom. The summed E-state index contributed by atoms with van der Waals surface area (Å²) in [5.41, 5.74) is 1.93. The number of esters is 1. The van der Waals surface area contributed by atoms with E-state index in [0.717, 1.165) is 16.9 Å². The van der Waals surface area contributed by atoms with Gasteiger partial charge in [0.1, 0.15) is 10.8 Å². The molecule has 0 unspecified atom stereocenters. The van der Waals surface area contributed by atoms with Gasteiger partial charge in [0, 0.05) is 22.5 Å². The van der Waals surface area contributed by atoms with Crippen molar-refractivity contribution in [1.29, 1.82) is 0 Å². The largest absolute Gasteiger partial charge is 0.497 e. The highest BCUT2D eigenvalue weighted by Gasteiger charge is 2.15. The normalized spacial score (nSPS) is 10.4. The number of nitrogens with zero attached hydrogens (tertiary/aromatic N) is 1. The van der Waals surface area contributed by atoms with Gasteiger partial charge in [-0.3, -0.25) is 4.79 Å². The van der Waals surface area contributed by atoms with Crippen LogP contribution in [0.5, 0.6) is 5.75 Å². The van der Waals surface area contributed by atoms with Gasteiger partial charge in [0.05, 0.1) is 7.11 Å². The topological polar surface area (TPSA) is 77.5 Å². The first-order valence-corrected chi connectivity index (χ1v) is 9.59. The summed E-state index contributed by atoms with van der Waals surface area (Å²) >= 11 is 7.19. The second kappa shape index (κ2) is 9.34. The van der Waals surface area contributed by atoms with E-state index in [1.807, 2.05) is 36.4 Å². The first-order chi connectivity index (χ1) is 13.5. The molecule has 0 fully saturated rings. The van der Waals surface area contributed by atoms with Crippen molar-refractivity contribution in [2.45, 2.75) is 6.54 Å². The average molecular weight is 417 g/mol. The van der Waals surface area contributed by atoms with Gasteiger partial charge in [0.15, 0.2) is 12.3 Å². The molecule has 0 saturated heterocycles. The van der Waals surface area contributed by atoms with E-state index >= 15 is 0 Å². The maximum atomic E-state index is 12.1. The van der Waals surface area contributed by atoms with E-state index in [1.165, 1.54) is 11.3 Å². The summed E-state index contributed by atoms with van der Waals surface area (Å²) in [5.74, 6) is -0.293. The summed E-state index contributed by atoms with van der Waals surface area (Å²) in [4.78, 5) is 28.2. The van der Waals surface area contributed by atoms with Gasteiger partial charge in [-0.25, -0.2) is 9.78 Å². The summed E-state index contributed by atoms with van der Waals surface area (Å²) in [6.07, 6.45) is 0. The zero-order chi connectivity index (χ0) is 19.9. The van der Waals surface area contributed by atoms with Gasteiger partial charge >= 0.3 is 5.97 Å². The maximum Gasteiger partial charge on any atom is 0.358 e. The molecule has 2 aromatic carbocycles. The SMILES string of the molecule is COc1ccc(CNC(=O)COC(=O)c2csc(-c3ccc(Cl)cc3)n2)cc1. The van der Waals surface area contributed by atoms with Crippen molar-refractivity contribution >= 4 is 34.8 Å². The van der Waals surface area contributed by atoms with Crippen molar-refractivity contribution in [3.63, 3.8) is 0 Å². The predicted octanol–water partition coefficient (Wildman–Crippen LogP) is 3.95. The Morgan fingerprint density at radius 2 is 1.82 bits per heavy atom. The van der Waals surface area contributed by atoms with Crippen LogP contribution in [-0.4, -0.2) is 30.6 Å². The van der Waals surface area contributed by atoms with Crippen LogP contribution in [0.3, 0.4) is 0 Å². The first-order valence-electron chi connectivity index (χ1n) is 8.33. The van der Waals surface area contributed by atoms with Crippen LogP contribution in [0.2, 0.25) is 5.02 Å². The molecule has 0 atom stereocenters. The molecular formula is C20H17ClN2O4S. The lowest BCUT2D eigenvalue weighted by molar-refractivity contribution is -0.124. The number of amides is 1. The number of benzene rings is 2. The molecular weight excluding hydrogens is 400 g/mol. The van der Waals surface area contributed by atoms with Crippen LogP contribution in [-0.2, 0) is 16.1 Å². The molecule has 0 aliphatic carbocycles. The molecule has 0 spiro atoms. The number of ether oxygens (including phenoxy) is 2. The highest BCUT2D eigenvalue weighted by molar-refractivity contribution is 7.13. The van der Waals surface area contributed by atoms with E-state index in [2.05, 4.69) is 10.3 Å². The van der Waals surface area contributed by atoms with Crippen molar-refractivity contribution < 1.29 is 19.1 Å². The van der Waals surface area contributed by atoms with Crippen LogP contribution < -0.4 is 10.1 Å². The van der Waals surface area contributed by atoms with Gasteiger partial charge in [-0.05, 0) is 29.8 Å². The van der Waals surface area contributed by atoms with Crippen LogP contribution >= 0.6 is 22.9 Å². The first kappa shape index (κ1) is 19.9. The standard InChI is InChI=1S/C20H17ClN2O4S/c1-26-16-8-2-13(3-9-16)10-22-18(24)11-27-20(25)17-12-28-19(23-17)14-4-6-15(21)7-5-14/h2-9,12H,10-11H2,1H3,(H,22,24). The van der Waals surface area contributed by atoms with E-state index in [9.17, 15) is 9.59 Å². The molecule has 6 nitrogen and oxygen atoms in total. The molecule has 0 radical (unpaired) electrons. The third-order valence-electron chi connectivity index (χ3n) is 3.79. The molecule has 1 heterocycles. The minimum Gasteiger partial charge on any atom is -0.497 e. The molecule has 0 bridgehead atoms. The van der Waals surface area contributed by atoms with Crippen LogP contribution in [0.15, 0.2) is 53.9 Å². The number of aromatic nitrogens is 1. The summed E-state index contributed by atoms with van der Waals surface area (Å²) in [5, 5.41) is 5.59. The molecule has 1 amide bonds. The van der Waals surface area contributed by atoms with E-state index in [-0.39, 0.29) is 12.3 Å². The molecule has 144 valence electrons. The Labute approximate surface area is 171 Å². The lowest BCUT2D eigenvalue weighted by Crippen LogP contribution is -2.28. The monoisotopic (exact) mass is 416 g/mol. The molecule has 0 saturated carbocycles. The van der Waals surface area contributed by atoms with E-state index in [1.54, 1.807) is 24.6 Å². The number of carbonyl (C=O) groups is 2. The minimum absolute atomic E-state index is 0.165. The average Bonchev–Trinajstić information content (AvgIpc) is 3.21. The van der Waals surface area contributed by atoms with Gasteiger partial charge in [-0.15, -0.1) is 11.3 Å². The highest BCUT2D eigenvalue weighted by atomic mass is 35.5. The molecule has 0 aliphatic heterocycles. The number of methoxy groups -OCH3 is 1. The van der Waals surface area contributed by atoms with Crippen molar-refractivity contribution in [2.24, 2.45) is 0 Å². The van der Waals surface area contributed by atoms with Crippen LogP contribution in [0, 0.1) is 0 Å². The number of hydrogen-bond donors (Lipinski definition) is 1. The van der Waals surface area contributed by atoms with Crippen molar-refractivity contribution in [1.82, 2.24) is 10.3 Å². The molecule has 3 aromatic rings. The molecule has 8 heteroatoms. The smallest absolute Gasteiger partial charge is 0.358 e. The molecule has 0 aliphatic rings. The highest BCUT2D eigenvalue weighted by Crippen LogP contribution is 2.25. The quantitative estimate of drug-likeness (QED) is 0.590. The van der Waals surface area contributed by atoms with Gasteiger partial charge in [0.25, 0.3) is 5.91 Å². The number of halogens is 1. The number of carbonyl (C=O) groups excluding carboxylic acids is 2. The third kappa shape index (κ3) is 5.31. The Bertz CT molecular complexity index is 955. The lowest BCUT2D eigenvalue weighted by atomic mass is 10.2. The summed E-state index contributed by atoms with van der Waals surface area (Å²) in [6.45, 7) is -0.0411. The summed E-state index contributed by atoms with van der Waals surface area (Å²) < 4.78 is 10.1. The van der Waals surface area contributed by atoms with Gasteiger partial charge in [-0.2, -0.15) is 0 Å². The Morgan fingerprint density at radius 1 is 1.11 bits per heavy atom. The number of thiazole rings is 1. The number of nitrogens with one attached hydrogen (secondary N) is 1.